The first-order chi connectivity index (χ1) is 9.20. The van der Waals surface area contributed by atoms with E-state index in [1.807, 2.05) is 6.92 Å². The van der Waals surface area contributed by atoms with E-state index in [9.17, 15) is 4.79 Å². The van der Waals surface area contributed by atoms with Crippen LogP contribution in [0.1, 0.15) is 64.7 Å². The van der Waals surface area contributed by atoms with Gasteiger partial charge >= 0.3 is 5.97 Å². The van der Waals surface area contributed by atoms with Crippen LogP contribution in [0, 0.1) is 11.8 Å². The Labute approximate surface area is 117 Å². The standard InChI is InChI=1S/C16H28O3/c1-12(11-13-7-4-3-5-8-13)16(17)19-15-10-6-9-14(15)18-2/h12-15H,3-11H2,1-2H3/t12-,14+,15+/m0/s1. The lowest BCUT2D eigenvalue weighted by atomic mass is 9.83. The van der Waals surface area contributed by atoms with E-state index in [2.05, 4.69) is 0 Å². The van der Waals surface area contributed by atoms with Gasteiger partial charge in [0, 0.05) is 7.11 Å². The highest BCUT2D eigenvalue weighted by molar-refractivity contribution is 5.72. The van der Waals surface area contributed by atoms with Crippen LogP contribution in [0.5, 0.6) is 0 Å². The fourth-order valence-electron chi connectivity index (χ4n) is 3.58. The van der Waals surface area contributed by atoms with Crippen molar-refractivity contribution in [1.82, 2.24) is 0 Å². The highest BCUT2D eigenvalue weighted by Crippen LogP contribution is 2.30. The average molecular weight is 268 g/mol. The second-order valence-corrected chi connectivity index (χ2v) is 6.32. The van der Waals surface area contributed by atoms with E-state index in [4.69, 9.17) is 9.47 Å². The molecule has 0 N–H and O–H groups in total. The fraction of sp³-hybridized carbons (Fsp3) is 0.938. The predicted octanol–water partition coefficient (Wildman–Crippen LogP) is 3.70. The third-order valence-electron chi connectivity index (χ3n) is 4.78. The first kappa shape index (κ1) is 14.8. The number of hydrogen-bond donors (Lipinski definition) is 0. The molecular formula is C16H28O3. The molecule has 0 spiro atoms. The molecular weight excluding hydrogens is 240 g/mol. The maximum atomic E-state index is 12.2. The SMILES string of the molecule is CO[C@@H]1CCC[C@H]1OC(=O)[C@@H](C)CC1CCCCC1. The molecule has 0 amide bonds. The minimum Gasteiger partial charge on any atom is -0.459 e. The molecule has 2 fully saturated rings. The van der Waals surface area contributed by atoms with Crippen molar-refractivity contribution in [2.24, 2.45) is 11.8 Å². The molecule has 2 aliphatic rings. The molecule has 19 heavy (non-hydrogen) atoms. The molecule has 3 nitrogen and oxygen atoms in total. The molecule has 0 saturated heterocycles. The Balaban J connectivity index is 1.75. The van der Waals surface area contributed by atoms with Gasteiger partial charge in [-0.15, -0.1) is 0 Å². The molecule has 0 aromatic heterocycles. The molecule has 0 bridgehead atoms. The molecule has 0 radical (unpaired) electrons. The van der Waals surface area contributed by atoms with Gasteiger partial charge in [-0.25, -0.2) is 0 Å². The summed E-state index contributed by atoms with van der Waals surface area (Å²) in [5, 5.41) is 0. The third kappa shape index (κ3) is 4.20. The van der Waals surface area contributed by atoms with Crippen molar-refractivity contribution in [3.63, 3.8) is 0 Å². The Morgan fingerprint density at radius 3 is 2.42 bits per heavy atom. The summed E-state index contributed by atoms with van der Waals surface area (Å²) < 4.78 is 11.0. The number of esters is 1. The lowest BCUT2D eigenvalue weighted by Gasteiger charge is -2.25. The number of carbonyl (C=O) groups excluding carboxylic acids is 1. The Hall–Kier alpha value is -0.570. The molecule has 2 rings (SSSR count). The summed E-state index contributed by atoms with van der Waals surface area (Å²) in [7, 11) is 1.71. The van der Waals surface area contributed by atoms with Gasteiger partial charge in [0.05, 0.1) is 12.0 Å². The van der Waals surface area contributed by atoms with Crippen molar-refractivity contribution in [2.45, 2.75) is 76.9 Å². The Morgan fingerprint density at radius 1 is 1.05 bits per heavy atom. The van der Waals surface area contributed by atoms with Crippen LogP contribution in [0.25, 0.3) is 0 Å². The molecule has 0 aliphatic heterocycles. The zero-order valence-corrected chi connectivity index (χ0v) is 12.4. The van der Waals surface area contributed by atoms with Gasteiger partial charge in [0.2, 0.25) is 0 Å². The minimum absolute atomic E-state index is 0.00805. The first-order valence-electron chi connectivity index (χ1n) is 7.94. The summed E-state index contributed by atoms with van der Waals surface area (Å²) in [4.78, 5) is 12.2. The minimum atomic E-state index is -0.0143. The molecule has 2 saturated carbocycles. The van der Waals surface area contributed by atoms with Gasteiger partial charge in [0.1, 0.15) is 6.10 Å². The number of rotatable bonds is 5. The van der Waals surface area contributed by atoms with Gasteiger partial charge in [0.25, 0.3) is 0 Å². The first-order valence-corrected chi connectivity index (χ1v) is 7.94. The predicted molar refractivity (Wildman–Crippen MR) is 74.9 cm³/mol. The van der Waals surface area contributed by atoms with Gasteiger partial charge in [-0.2, -0.15) is 0 Å². The molecule has 3 heteroatoms. The van der Waals surface area contributed by atoms with E-state index < -0.39 is 0 Å². The lowest BCUT2D eigenvalue weighted by molar-refractivity contribution is -0.159. The zero-order chi connectivity index (χ0) is 13.7. The van der Waals surface area contributed by atoms with Crippen LogP contribution >= 0.6 is 0 Å². The highest BCUT2D eigenvalue weighted by Gasteiger charge is 2.32. The van der Waals surface area contributed by atoms with Gasteiger partial charge < -0.3 is 9.47 Å². The fourth-order valence-corrected chi connectivity index (χ4v) is 3.58. The van der Waals surface area contributed by atoms with Gasteiger partial charge in [0.15, 0.2) is 0 Å². The Bertz CT molecular complexity index is 284. The molecule has 3 atom stereocenters. The van der Waals surface area contributed by atoms with Crippen LogP contribution in [-0.4, -0.2) is 25.3 Å². The van der Waals surface area contributed by atoms with E-state index in [-0.39, 0.29) is 24.1 Å². The van der Waals surface area contributed by atoms with E-state index in [1.54, 1.807) is 7.11 Å². The molecule has 0 aromatic rings. The van der Waals surface area contributed by atoms with Crippen molar-refractivity contribution in [2.75, 3.05) is 7.11 Å². The largest absolute Gasteiger partial charge is 0.459 e. The Morgan fingerprint density at radius 2 is 1.74 bits per heavy atom. The second kappa shape index (κ2) is 7.28. The van der Waals surface area contributed by atoms with Crippen molar-refractivity contribution in [3.8, 4) is 0 Å². The van der Waals surface area contributed by atoms with Crippen molar-refractivity contribution >= 4 is 5.97 Å². The summed E-state index contributed by atoms with van der Waals surface area (Å²) in [6.45, 7) is 2.02. The van der Waals surface area contributed by atoms with E-state index in [0.717, 1.165) is 31.6 Å². The van der Waals surface area contributed by atoms with Gasteiger partial charge in [-0.05, 0) is 31.6 Å². The molecule has 0 aromatic carbocycles. The molecule has 2 aliphatic carbocycles. The van der Waals surface area contributed by atoms with Crippen LogP contribution < -0.4 is 0 Å². The van der Waals surface area contributed by atoms with Gasteiger partial charge in [-0.1, -0.05) is 39.0 Å². The number of hydrogen-bond acceptors (Lipinski definition) is 3. The summed E-state index contributed by atoms with van der Waals surface area (Å²) in [6, 6.07) is 0. The second-order valence-electron chi connectivity index (χ2n) is 6.32. The number of methoxy groups -OCH3 is 1. The molecule has 0 heterocycles. The molecule has 0 unspecified atom stereocenters. The van der Waals surface area contributed by atoms with Crippen LogP contribution in [0.3, 0.4) is 0 Å². The summed E-state index contributed by atoms with van der Waals surface area (Å²) >= 11 is 0. The maximum Gasteiger partial charge on any atom is 0.309 e. The van der Waals surface area contributed by atoms with E-state index in [0.29, 0.717) is 0 Å². The maximum absolute atomic E-state index is 12.2. The Kier molecular flexibility index (Phi) is 5.68. The monoisotopic (exact) mass is 268 g/mol. The number of ether oxygens (including phenoxy) is 2. The van der Waals surface area contributed by atoms with Crippen LogP contribution in [0.15, 0.2) is 0 Å². The summed E-state index contributed by atoms with van der Waals surface area (Å²) in [6.07, 6.45) is 10.8. The van der Waals surface area contributed by atoms with Gasteiger partial charge in [-0.3, -0.25) is 4.79 Å². The normalized spacial score (nSPS) is 30.2. The zero-order valence-electron chi connectivity index (χ0n) is 12.4. The smallest absolute Gasteiger partial charge is 0.309 e. The van der Waals surface area contributed by atoms with E-state index >= 15 is 0 Å². The van der Waals surface area contributed by atoms with Crippen molar-refractivity contribution < 1.29 is 14.3 Å². The summed E-state index contributed by atoms with van der Waals surface area (Å²) in [5.41, 5.74) is 0. The highest BCUT2D eigenvalue weighted by atomic mass is 16.6. The number of carbonyl (C=O) groups is 1. The quantitative estimate of drug-likeness (QED) is 0.713. The van der Waals surface area contributed by atoms with Crippen LogP contribution in [-0.2, 0) is 14.3 Å². The third-order valence-corrected chi connectivity index (χ3v) is 4.78. The van der Waals surface area contributed by atoms with Crippen LogP contribution in [0.4, 0.5) is 0 Å². The van der Waals surface area contributed by atoms with Crippen molar-refractivity contribution in [3.05, 3.63) is 0 Å². The van der Waals surface area contributed by atoms with Crippen molar-refractivity contribution in [1.29, 1.82) is 0 Å². The average Bonchev–Trinajstić information content (AvgIpc) is 2.87. The lowest BCUT2D eigenvalue weighted by Crippen LogP contribution is -2.30. The van der Waals surface area contributed by atoms with E-state index in [1.165, 1.54) is 32.1 Å². The van der Waals surface area contributed by atoms with Crippen LogP contribution in [0.2, 0.25) is 0 Å². The molecule has 110 valence electrons. The summed E-state index contributed by atoms with van der Waals surface area (Å²) in [5.74, 6) is 0.763. The topological polar surface area (TPSA) is 35.5 Å².